The van der Waals surface area contributed by atoms with Gasteiger partial charge in [0.2, 0.25) is 0 Å². The highest BCUT2D eigenvalue weighted by molar-refractivity contribution is 5.80. The van der Waals surface area contributed by atoms with Gasteiger partial charge in [0.05, 0.1) is 5.92 Å². The molecular weight excluding hydrogens is 279 g/mol. The van der Waals surface area contributed by atoms with Crippen LogP contribution >= 0.6 is 0 Å². The van der Waals surface area contributed by atoms with E-state index < -0.39 is 12.1 Å². The van der Waals surface area contributed by atoms with Crippen molar-refractivity contribution in [2.24, 2.45) is 16.3 Å². The first-order valence-corrected chi connectivity index (χ1v) is 7.94. The monoisotopic (exact) mass is 305 g/mol. The number of halogens is 3. The van der Waals surface area contributed by atoms with Gasteiger partial charge in [-0.05, 0) is 44.4 Å². The lowest BCUT2D eigenvalue weighted by molar-refractivity contribution is -0.183. The van der Waals surface area contributed by atoms with Crippen molar-refractivity contribution >= 4 is 5.96 Å². The van der Waals surface area contributed by atoms with Gasteiger partial charge in [-0.25, -0.2) is 0 Å². The molecule has 2 fully saturated rings. The third-order valence-electron chi connectivity index (χ3n) is 4.54. The lowest BCUT2D eigenvalue weighted by Gasteiger charge is -2.32. The van der Waals surface area contributed by atoms with Crippen molar-refractivity contribution in [2.75, 3.05) is 13.1 Å². The summed E-state index contributed by atoms with van der Waals surface area (Å²) in [6.07, 6.45) is 0.133. The van der Waals surface area contributed by atoms with Crippen LogP contribution in [0.3, 0.4) is 0 Å². The van der Waals surface area contributed by atoms with E-state index in [9.17, 15) is 13.2 Å². The van der Waals surface area contributed by atoms with Gasteiger partial charge in [0.25, 0.3) is 0 Å². The minimum Gasteiger partial charge on any atom is -0.357 e. The van der Waals surface area contributed by atoms with Crippen LogP contribution in [0.4, 0.5) is 13.2 Å². The molecule has 2 aliphatic rings. The van der Waals surface area contributed by atoms with Crippen molar-refractivity contribution < 1.29 is 13.2 Å². The van der Waals surface area contributed by atoms with Gasteiger partial charge < -0.3 is 10.6 Å². The molecule has 122 valence electrons. The molecule has 0 aliphatic heterocycles. The van der Waals surface area contributed by atoms with Crippen LogP contribution in [0, 0.1) is 11.3 Å². The molecule has 2 aliphatic carbocycles. The van der Waals surface area contributed by atoms with Crippen LogP contribution in [0.5, 0.6) is 0 Å². The zero-order valence-electron chi connectivity index (χ0n) is 12.9. The highest BCUT2D eigenvalue weighted by Crippen LogP contribution is 2.45. The van der Waals surface area contributed by atoms with Crippen LogP contribution in [0.1, 0.15) is 52.4 Å². The molecule has 0 aromatic rings. The Morgan fingerprint density at radius 3 is 2.57 bits per heavy atom. The summed E-state index contributed by atoms with van der Waals surface area (Å²) in [5.74, 6) is -0.508. The van der Waals surface area contributed by atoms with Gasteiger partial charge in [-0.15, -0.1) is 0 Å². The highest BCUT2D eigenvalue weighted by atomic mass is 19.4. The smallest absolute Gasteiger partial charge is 0.357 e. The molecule has 0 aromatic heterocycles. The second-order valence-electron chi connectivity index (χ2n) is 6.75. The molecule has 2 N–H and O–H groups in total. The Morgan fingerprint density at radius 1 is 1.29 bits per heavy atom. The zero-order chi connectivity index (χ0) is 15.5. The minimum absolute atomic E-state index is 0.129. The number of rotatable bonds is 4. The Balaban J connectivity index is 1.89. The third-order valence-corrected chi connectivity index (χ3v) is 4.54. The predicted octanol–water partition coefficient (Wildman–Crippen LogP) is 3.46. The maximum absolute atomic E-state index is 12.8. The fourth-order valence-corrected chi connectivity index (χ4v) is 2.77. The number of hydrogen-bond donors (Lipinski definition) is 2. The second-order valence-corrected chi connectivity index (χ2v) is 6.75. The molecule has 0 heterocycles. The standard InChI is InChI=1S/C15H26F3N3/c1-3-19-13(20-10-14(2)7-8-14)21-12-6-4-5-11(9-12)15(16,17)18/h11-12H,3-10H2,1-2H3,(H2,19,20,21). The van der Waals surface area contributed by atoms with E-state index in [2.05, 4.69) is 22.5 Å². The van der Waals surface area contributed by atoms with E-state index in [-0.39, 0.29) is 18.9 Å². The van der Waals surface area contributed by atoms with E-state index in [1.165, 1.54) is 12.8 Å². The third kappa shape index (κ3) is 5.08. The number of nitrogens with zero attached hydrogens (tertiary/aromatic N) is 1. The summed E-state index contributed by atoms with van der Waals surface area (Å²) < 4.78 is 38.5. The highest BCUT2D eigenvalue weighted by Gasteiger charge is 2.42. The first-order chi connectivity index (χ1) is 9.82. The van der Waals surface area contributed by atoms with Crippen molar-refractivity contribution in [1.29, 1.82) is 0 Å². The van der Waals surface area contributed by atoms with Crippen molar-refractivity contribution in [3.8, 4) is 0 Å². The Bertz CT molecular complexity index is 375. The maximum Gasteiger partial charge on any atom is 0.391 e. The molecule has 0 bridgehead atoms. The predicted molar refractivity (Wildman–Crippen MR) is 78.3 cm³/mol. The van der Waals surface area contributed by atoms with E-state index in [1.807, 2.05) is 6.92 Å². The Morgan fingerprint density at radius 2 is 2.00 bits per heavy atom. The fourth-order valence-electron chi connectivity index (χ4n) is 2.77. The van der Waals surface area contributed by atoms with Crippen LogP contribution < -0.4 is 10.6 Å². The number of aliphatic imine (C=N–C) groups is 1. The number of guanidine groups is 1. The lowest BCUT2D eigenvalue weighted by atomic mass is 9.85. The molecule has 0 spiro atoms. The summed E-state index contributed by atoms with van der Waals surface area (Å²) in [6, 6.07) is -0.129. The van der Waals surface area contributed by atoms with Gasteiger partial charge in [0, 0.05) is 19.1 Å². The van der Waals surface area contributed by atoms with Crippen molar-refractivity contribution in [1.82, 2.24) is 10.6 Å². The SMILES string of the molecule is CCNC(=NCC1(C)CC1)NC1CCCC(C(F)(F)F)C1. The van der Waals surface area contributed by atoms with E-state index in [1.54, 1.807) is 0 Å². The molecule has 0 saturated heterocycles. The maximum atomic E-state index is 12.8. The van der Waals surface area contributed by atoms with E-state index in [0.717, 1.165) is 19.5 Å². The quantitative estimate of drug-likeness (QED) is 0.616. The van der Waals surface area contributed by atoms with Crippen molar-refractivity contribution in [3.05, 3.63) is 0 Å². The summed E-state index contributed by atoms with van der Waals surface area (Å²) in [6.45, 7) is 5.63. The van der Waals surface area contributed by atoms with Crippen LogP contribution in [0.25, 0.3) is 0 Å². The first kappa shape index (κ1) is 16.4. The summed E-state index contributed by atoms with van der Waals surface area (Å²) in [5.41, 5.74) is 0.309. The van der Waals surface area contributed by atoms with Crippen LogP contribution in [0.15, 0.2) is 4.99 Å². The molecule has 0 amide bonds. The molecule has 0 aromatic carbocycles. The molecule has 0 radical (unpaired) electrons. The number of hydrogen-bond acceptors (Lipinski definition) is 1. The average molecular weight is 305 g/mol. The molecule has 6 heteroatoms. The normalized spacial score (nSPS) is 29.1. The first-order valence-electron chi connectivity index (χ1n) is 7.94. The van der Waals surface area contributed by atoms with Crippen LogP contribution in [0.2, 0.25) is 0 Å². The minimum atomic E-state index is -4.07. The number of nitrogens with one attached hydrogen (secondary N) is 2. The average Bonchev–Trinajstić information content (AvgIpc) is 3.14. The van der Waals surface area contributed by atoms with E-state index >= 15 is 0 Å². The molecular formula is C15H26F3N3. The summed E-state index contributed by atoms with van der Waals surface area (Å²) in [7, 11) is 0. The van der Waals surface area contributed by atoms with E-state index in [4.69, 9.17) is 0 Å². The molecule has 3 nitrogen and oxygen atoms in total. The summed E-state index contributed by atoms with van der Waals surface area (Å²) in [5, 5.41) is 6.34. The lowest BCUT2D eigenvalue weighted by Crippen LogP contribution is -2.47. The molecule has 21 heavy (non-hydrogen) atoms. The second kappa shape index (κ2) is 6.44. The van der Waals surface area contributed by atoms with Gasteiger partial charge in [-0.2, -0.15) is 13.2 Å². The Labute approximate surface area is 124 Å². The van der Waals surface area contributed by atoms with Crippen LogP contribution in [-0.4, -0.2) is 31.3 Å². The molecule has 2 atom stereocenters. The van der Waals surface area contributed by atoms with Gasteiger partial charge in [-0.3, -0.25) is 4.99 Å². The topological polar surface area (TPSA) is 36.4 Å². The molecule has 2 unspecified atom stereocenters. The van der Waals surface area contributed by atoms with Crippen molar-refractivity contribution in [2.45, 2.75) is 64.6 Å². The van der Waals surface area contributed by atoms with Gasteiger partial charge in [0.1, 0.15) is 0 Å². The largest absolute Gasteiger partial charge is 0.391 e. The number of alkyl halides is 3. The van der Waals surface area contributed by atoms with Gasteiger partial charge >= 0.3 is 6.18 Å². The van der Waals surface area contributed by atoms with Gasteiger partial charge in [-0.1, -0.05) is 13.3 Å². The zero-order valence-corrected chi connectivity index (χ0v) is 12.9. The Hall–Kier alpha value is -0.940. The van der Waals surface area contributed by atoms with Gasteiger partial charge in [0.15, 0.2) is 5.96 Å². The summed E-state index contributed by atoms with van der Waals surface area (Å²) >= 11 is 0. The fraction of sp³-hybridized carbons (Fsp3) is 0.933. The molecule has 2 rings (SSSR count). The van der Waals surface area contributed by atoms with Crippen molar-refractivity contribution in [3.63, 3.8) is 0 Å². The Kier molecular flexibility index (Phi) is 5.04. The van der Waals surface area contributed by atoms with Crippen LogP contribution in [-0.2, 0) is 0 Å². The molecule has 2 saturated carbocycles. The van der Waals surface area contributed by atoms with E-state index in [0.29, 0.717) is 17.8 Å². The summed E-state index contributed by atoms with van der Waals surface area (Å²) in [4.78, 5) is 4.54.